The Morgan fingerprint density at radius 1 is 1.29 bits per heavy atom. The van der Waals surface area contributed by atoms with Gasteiger partial charge in [-0.15, -0.1) is 0 Å². The molecule has 2 aromatic carbocycles. The zero-order valence-electron chi connectivity index (χ0n) is 9.57. The van der Waals surface area contributed by atoms with Crippen molar-refractivity contribution < 1.29 is 0 Å². The Hall–Kier alpha value is -1.41. The molecule has 1 nitrogen and oxygen atoms in total. The molecule has 1 heterocycles. The highest BCUT2D eigenvalue weighted by Gasteiger charge is 2.09. The van der Waals surface area contributed by atoms with Crippen LogP contribution in [0.4, 0.5) is 0 Å². The van der Waals surface area contributed by atoms with Crippen LogP contribution in [0.2, 0.25) is 0 Å². The van der Waals surface area contributed by atoms with Crippen molar-refractivity contribution >= 4 is 26.8 Å². The van der Waals surface area contributed by atoms with Gasteiger partial charge >= 0.3 is 0 Å². The van der Waals surface area contributed by atoms with Crippen LogP contribution in [-0.4, -0.2) is 4.98 Å². The van der Waals surface area contributed by atoms with Gasteiger partial charge in [-0.05, 0) is 29.7 Å². The molecule has 0 aliphatic rings. The molecule has 0 spiro atoms. The summed E-state index contributed by atoms with van der Waals surface area (Å²) in [6, 6.07) is 14.9. The van der Waals surface area contributed by atoms with Crippen LogP contribution in [0.5, 0.6) is 0 Å². The Morgan fingerprint density at radius 3 is 2.94 bits per heavy atom. The van der Waals surface area contributed by atoms with Crippen LogP contribution in [0.3, 0.4) is 0 Å². The maximum Gasteiger partial charge on any atom is 0.0457 e. The molecular weight excluding hydrogens is 274 g/mol. The van der Waals surface area contributed by atoms with Gasteiger partial charge in [0.2, 0.25) is 0 Å². The first-order valence-corrected chi connectivity index (χ1v) is 6.53. The van der Waals surface area contributed by atoms with Crippen molar-refractivity contribution in [1.29, 1.82) is 0 Å². The van der Waals surface area contributed by atoms with Gasteiger partial charge < -0.3 is 4.98 Å². The molecule has 0 saturated carbocycles. The zero-order valence-corrected chi connectivity index (χ0v) is 11.2. The topological polar surface area (TPSA) is 15.8 Å². The number of hydrogen-bond acceptors (Lipinski definition) is 0. The van der Waals surface area contributed by atoms with E-state index in [1.165, 1.54) is 22.0 Å². The minimum absolute atomic E-state index is 0.424. The Kier molecular flexibility index (Phi) is 2.60. The van der Waals surface area contributed by atoms with E-state index in [9.17, 15) is 0 Å². The maximum atomic E-state index is 3.54. The predicted octanol–water partition coefficient (Wildman–Crippen LogP) is 4.80. The molecule has 1 atom stereocenters. The van der Waals surface area contributed by atoms with Crippen LogP contribution in [0, 0.1) is 0 Å². The van der Waals surface area contributed by atoms with E-state index in [1.54, 1.807) is 0 Å². The second-order valence-corrected chi connectivity index (χ2v) is 5.29. The van der Waals surface area contributed by atoms with Crippen LogP contribution in [0.25, 0.3) is 10.9 Å². The average Bonchev–Trinajstić information content (AvgIpc) is 2.97. The molecular formula is C15H13BrN-. The quantitative estimate of drug-likeness (QED) is 0.651. The number of aromatic nitrogens is 1. The SMILES string of the molecule is CC(c1cc[cH-]c1)c1c[nH]c2ccc(Br)cc12. The first-order valence-electron chi connectivity index (χ1n) is 5.74. The summed E-state index contributed by atoms with van der Waals surface area (Å²) in [5.74, 6) is 0.424. The first kappa shape index (κ1) is 10.7. The van der Waals surface area contributed by atoms with Gasteiger partial charge in [0.1, 0.15) is 0 Å². The van der Waals surface area contributed by atoms with E-state index >= 15 is 0 Å². The fraction of sp³-hybridized carbons (Fsp3) is 0.133. The third-order valence-electron chi connectivity index (χ3n) is 3.33. The van der Waals surface area contributed by atoms with Gasteiger partial charge in [-0.25, -0.2) is 6.07 Å². The van der Waals surface area contributed by atoms with Crippen molar-refractivity contribution in [3.63, 3.8) is 0 Å². The molecule has 1 N–H and O–H groups in total. The monoisotopic (exact) mass is 286 g/mol. The number of aromatic amines is 1. The Balaban J connectivity index is 2.14. The van der Waals surface area contributed by atoms with Crippen molar-refractivity contribution in [2.75, 3.05) is 0 Å². The van der Waals surface area contributed by atoms with Crippen LogP contribution in [0.15, 0.2) is 53.1 Å². The van der Waals surface area contributed by atoms with Crippen molar-refractivity contribution in [2.45, 2.75) is 12.8 Å². The second kappa shape index (κ2) is 4.11. The molecule has 3 aromatic rings. The number of benzene rings is 1. The van der Waals surface area contributed by atoms with Gasteiger partial charge in [0, 0.05) is 21.6 Å². The van der Waals surface area contributed by atoms with Crippen molar-refractivity contribution in [3.05, 3.63) is 64.3 Å². The summed E-state index contributed by atoms with van der Waals surface area (Å²) in [5.41, 5.74) is 3.92. The molecule has 17 heavy (non-hydrogen) atoms. The van der Waals surface area contributed by atoms with E-state index < -0.39 is 0 Å². The molecule has 0 amide bonds. The summed E-state index contributed by atoms with van der Waals surface area (Å²) in [7, 11) is 0. The lowest BCUT2D eigenvalue weighted by Gasteiger charge is -2.15. The highest BCUT2D eigenvalue weighted by atomic mass is 79.9. The molecule has 0 radical (unpaired) electrons. The van der Waals surface area contributed by atoms with E-state index in [4.69, 9.17) is 0 Å². The van der Waals surface area contributed by atoms with Crippen LogP contribution >= 0.6 is 15.9 Å². The Bertz CT molecular complexity index is 634. The summed E-state index contributed by atoms with van der Waals surface area (Å²) in [5, 5.41) is 1.30. The fourth-order valence-electron chi connectivity index (χ4n) is 2.33. The molecule has 0 saturated heterocycles. The largest absolute Gasteiger partial charge is 0.361 e. The molecule has 0 bridgehead atoms. The smallest absolute Gasteiger partial charge is 0.0457 e. The van der Waals surface area contributed by atoms with Gasteiger partial charge in [0.05, 0.1) is 0 Å². The summed E-state index contributed by atoms with van der Waals surface area (Å²) in [6.45, 7) is 2.25. The summed E-state index contributed by atoms with van der Waals surface area (Å²) >= 11 is 3.54. The van der Waals surface area contributed by atoms with Gasteiger partial charge in [0.25, 0.3) is 0 Å². The van der Waals surface area contributed by atoms with E-state index in [2.05, 4.69) is 76.5 Å². The third-order valence-corrected chi connectivity index (χ3v) is 3.82. The molecule has 1 unspecified atom stereocenters. The van der Waals surface area contributed by atoms with Gasteiger partial charge in [-0.2, -0.15) is 23.8 Å². The molecule has 0 aliphatic carbocycles. The molecule has 0 aliphatic heterocycles. The summed E-state index contributed by atoms with van der Waals surface area (Å²) in [4.78, 5) is 3.34. The van der Waals surface area contributed by atoms with E-state index in [0.717, 1.165) is 4.47 Å². The Morgan fingerprint density at radius 2 is 2.18 bits per heavy atom. The average molecular weight is 287 g/mol. The van der Waals surface area contributed by atoms with E-state index in [0.29, 0.717) is 5.92 Å². The molecule has 0 fully saturated rings. The molecule has 86 valence electrons. The molecule has 3 rings (SSSR count). The lowest BCUT2D eigenvalue weighted by molar-refractivity contribution is 0.937. The fourth-order valence-corrected chi connectivity index (χ4v) is 2.69. The summed E-state index contributed by atoms with van der Waals surface area (Å²) in [6.07, 6.45) is 2.12. The number of rotatable bonds is 2. The van der Waals surface area contributed by atoms with Gasteiger partial charge in [-0.3, -0.25) is 0 Å². The maximum absolute atomic E-state index is 3.54. The zero-order chi connectivity index (χ0) is 11.8. The Labute approximate surface area is 109 Å². The minimum Gasteiger partial charge on any atom is -0.361 e. The van der Waals surface area contributed by atoms with Crippen molar-refractivity contribution in [2.24, 2.45) is 0 Å². The third kappa shape index (κ3) is 1.83. The van der Waals surface area contributed by atoms with Gasteiger partial charge in [-0.1, -0.05) is 22.9 Å². The lowest BCUT2D eigenvalue weighted by Crippen LogP contribution is -1.92. The van der Waals surface area contributed by atoms with Gasteiger partial charge in [0.15, 0.2) is 0 Å². The normalized spacial score (nSPS) is 13.1. The van der Waals surface area contributed by atoms with E-state index in [1.807, 2.05) is 0 Å². The first-order chi connectivity index (χ1) is 8.25. The number of fused-ring (bicyclic) bond motifs is 1. The van der Waals surface area contributed by atoms with Crippen molar-refractivity contribution in [1.82, 2.24) is 4.98 Å². The van der Waals surface area contributed by atoms with Crippen LogP contribution < -0.4 is 0 Å². The number of halogens is 1. The van der Waals surface area contributed by atoms with Crippen LogP contribution in [0.1, 0.15) is 24.0 Å². The highest BCUT2D eigenvalue weighted by Crippen LogP contribution is 2.31. The molecule has 1 aromatic heterocycles. The lowest BCUT2D eigenvalue weighted by atomic mass is 9.95. The predicted molar refractivity (Wildman–Crippen MR) is 75.6 cm³/mol. The van der Waals surface area contributed by atoms with Crippen molar-refractivity contribution in [3.8, 4) is 0 Å². The second-order valence-electron chi connectivity index (χ2n) is 4.37. The number of H-pyrrole nitrogens is 1. The van der Waals surface area contributed by atoms with E-state index in [-0.39, 0.29) is 0 Å². The molecule has 2 heteroatoms. The number of nitrogens with one attached hydrogen (secondary N) is 1. The highest BCUT2D eigenvalue weighted by molar-refractivity contribution is 9.10. The number of hydrogen-bond donors (Lipinski definition) is 1. The minimum atomic E-state index is 0.424. The van der Waals surface area contributed by atoms with Crippen LogP contribution in [-0.2, 0) is 0 Å². The standard InChI is InChI=1S/C15H13BrN/c1-10(11-4-2-3-5-11)14-9-17-15-7-6-12(16)8-13(14)15/h2-10,17H,1H3/q-1. The summed E-state index contributed by atoms with van der Waals surface area (Å²) < 4.78 is 1.13.